The van der Waals surface area contributed by atoms with Gasteiger partial charge in [0.15, 0.2) is 5.01 Å². The van der Waals surface area contributed by atoms with Crippen LogP contribution in [0.15, 0.2) is 53.6 Å². The fraction of sp³-hybridized carbons (Fsp3) is 0.111. The highest BCUT2D eigenvalue weighted by Gasteiger charge is 2.13. The normalized spacial score (nSPS) is 10.8. The summed E-state index contributed by atoms with van der Waals surface area (Å²) in [5.41, 5.74) is 3.71. The monoisotopic (exact) mass is 381 g/mol. The smallest absolute Gasteiger partial charge is 0.280 e. The predicted molar refractivity (Wildman–Crippen MR) is 103 cm³/mol. The summed E-state index contributed by atoms with van der Waals surface area (Å²) in [5, 5.41) is 11.5. The maximum atomic E-state index is 12.4. The molecule has 1 N–H and O–H groups in total. The summed E-state index contributed by atoms with van der Waals surface area (Å²) < 4.78 is 1.79. The molecule has 4 rings (SSSR count). The summed E-state index contributed by atoms with van der Waals surface area (Å²) in [6.45, 7) is 0.394. The van der Waals surface area contributed by atoms with Gasteiger partial charge in [0.2, 0.25) is 0 Å². The van der Waals surface area contributed by atoms with E-state index in [1.165, 1.54) is 11.3 Å². The number of hydrogen-bond donors (Lipinski definition) is 1. The third kappa shape index (κ3) is 3.42. The molecule has 0 atom stereocenters. The van der Waals surface area contributed by atoms with Crippen LogP contribution >= 0.6 is 22.7 Å². The molecule has 0 aliphatic rings. The molecule has 6 nitrogen and oxygen atoms in total. The number of aryl methyl sites for hydroxylation is 1. The Morgan fingerprint density at radius 2 is 2.19 bits per heavy atom. The topological polar surface area (TPSA) is 72.7 Å². The van der Waals surface area contributed by atoms with Gasteiger partial charge in [-0.3, -0.25) is 14.5 Å². The first-order chi connectivity index (χ1) is 12.7. The third-order valence-electron chi connectivity index (χ3n) is 3.84. The number of nitrogens with zero attached hydrogens (tertiary/aromatic N) is 4. The molecule has 4 aromatic rings. The van der Waals surface area contributed by atoms with Crippen LogP contribution in [0, 0.1) is 0 Å². The molecule has 0 radical (unpaired) electrons. The summed E-state index contributed by atoms with van der Waals surface area (Å²) in [5.74, 6) is -0.177. The standard InChI is InChI=1S/C18H15N5OS2/c1-23-15(4-5-21-23)13-7-12(8-19-10-13)9-20-17(24)18-22-14(11-26-18)16-3-2-6-25-16/h2-8,10-11H,9H2,1H3,(H,20,24). The molecular formula is C18H15N5OS2. The van der Waals surface area contributed by atoms with Crippen molar-refractivity contribution >= 4 is 28.6 Å². The molecule has 0 saturated heterocycles. The third-order valence-corrected chi connectivity index (χ3v) is 5.57. The Kier molecular flexibility index (Phi) is 4.59. The van der Waals surface area contributed by atoms with Gasteiger partial charge in [-0.05, 0) is 29.1 Å². The summed E-state index contributed by atoms with van der Waals surface area (Å²) in [6.07, 6.45) is 5.28. The second kappa shape index (κ2) is 7.19. The molecule has 0 saturated carbocycles. The van der Waals surface area contributed by atoms with E-state index in [1.807, 2.05) is 42.1 Å². The van der Waals surface area contributed by atoms with E-state index in [4.69, 9.17) is 0 Å². The quantitative estimate of drug-likeness (QED) is 0.573. The van der Waals surface area contributed by atoms with Crippen LogP contribution in [0.25, 0.3) is 21.8 Å². The zero-order chi connectivity index (χ0) is 17.9. The second-order valence-electron chi connectivity index (χ2n) is 5.62. The zero-order valence-electron chi connectivity index (χ0n) is 13.9. The maximum Gasteiger partial charge on any atom is 0.280 e. The molecule has 26 heavy (non-hydrogen) atoms. The summed E-state index contributed by atoms with van der Waals surface area (Å²) >= 11 is 2.96. The van der Waals surface area contributed by atoms with Crippen molar-refractivity contribution in [1.82, 2.24) is 25.1 Å². The van der Waals surface area contributed by atoms with Crippen LogP contribution in [0.3, 0.4) is 0 Å². The van der Waals surface area contributed by atoms with Crippen LogP contribution < -0.4 is 5.32 Å². The molecule has 0 aliphatic carbocycles. The number of pyridine rings is 1. The Bertz CT molecular complexity index is 1040. The minimum absolute atomic E-state index is 0.177. The number of thiophene rings is 1. The average molecular weight is 381 g/mol. The van der Waals surface area contributed by atoms with E-state index in [9.17, 15) is 4.79 Å². The number of thiazole rings is 1. The molecule has 4 aromatic heterocycles. The summed E-state index contributed by atoms with van der Waals surface area (Å²) in [7, 11) is 1.89. The van der Waals surface area contributed by atoms with Gasteiger partial charge in [0.05, 0.1) is 16.3 Å². The molecule has 0 unspecified atom stereocenters. The van der Waals surface area contributed by atoms with Crippen LogP contribution in [0.4, 0.5) is 0 Å². The lowest BCUT2D eigenvalue weighted by atomic mass is 10.1. The molecule has 0 aliphatic heterocycles. The van der Waals surface area contributed by atoms with Gasteiger partial charge >= 0.3 is 0 Å². The molecular weight excluding hydrogens is 366 g/mol. The van der Waals surface area contributed by atoms with Crippen molar-refractivity contribution < 1.29 is 4.79 Å². The molecule has 0 spiro atoms. The molecule has 0 aromatic carbocycles. The van der Waals surface area contributed by atoms with Crippen LogP contribution in [0.5, 0.6) is 0 Å². The van der Waals surface area contributed by atoms with Crippen molar-refractivity contribution in [2.45, 2.75) is 6.54 Å². The number of aromatic nitrogens is 4. The molecule has 4 heterocycles. The molecule has 0 fully saturated rings. The van der Waals surface area contributed by atoms with Crippen molar-refractivity contribution in [3.63, 3.8) is 0 Å². The van der Waals surface area contributed by atoms with E-state index in [0.29, 0.717) is 11.6 Å². The van der Waals surface area contributed by atoms with Crippen LogP contribution in [-0.4, -0.2) is 25.7 Å². The van der Waals surface area contributed by atoms with Gasteiger partial charge in [-0.25, -0.2) is 4.98 Å². The first-order valence-corrected chi connectivity index (χ1v) is 9.66. The van der Waals surface area contributed by atoms with E-state index in [1.54, 1.807) is 34.6 Å². The molecule has 0 bridgehead atoms. The second-order valence-corrected chi connectivity index (χ2v) is 7.43. The van der Waals surface area contributed by atoms with Crippen molar-refractivity contribution in [2.75, 3.05) is 0 Å². The first kappa shape index (κ1) is 16.6. The van der Waals surface area contributed by atoms with E-state index >= 15 is 0 Å². The van der Waals surface area contributed by atoms with Gasteiger partial charge in [0.25, 0.3) is 5.91 Å². The van der Waals surface area contributed by atoms with E-state index < -0.39 is 0 Å². The highest BCUT2D eigenvalue weighted by Crippen LogP contribution is 2.26. The number of carbonyl (C=O) groups is 1. The van der Waals surface area contributed by atoms with Crippen molar-refractivity contribution in [3.05, 3.63) is 64.2 Å². The van der Waals surface area contributed by atoms with Crippen molar-refractivity contribution in [3.8, 4) is 21.8 Å². The number of nitrogens with one attached hydrogen (secondary N) is 1. The summed E-state index contributed by atoms with van der Waals surface area (Å²) in [4.78, 5) is 22.1. The highest BCUT2D eigenvalue weighted by atomic mass is 32.1. The number of amides is 1. The highest BCUT2D eigenvalue weighted by molar-refractivity contribution is 7.15. The maximum absolute atomic E-state index is 12.4. The summed E-state index contributed by atoms with van der Waals surface area (Å²) in [6, 6.07) is 7.91. The number of hydrogen-bond acceptors (Lipinski definition) is 6. The van der Waals surface area contributed by atoms with E-state index in [2.05, 4.69) is 20.4 Å². The lowest BCUT2D eigenvalue weighted by molar-refractivity contribution is 0.0950. The van der Waals surface area contributed by atoms with Gasteiger partial charge in [-0.2, -0.15) is 5.10 Å². The van der Waals surface area contributed by atoms with Crippen molar-refractivity contribution in [1.29, 1.82) is 0 Å². The fourth-order valence-corrected chi connectivity index (χ4v) is 4.05. The Hall–Kier alpha value is -2.84. The van der Waals surface area contributed by atoms with Gasteiger partial charge < -0.3 is 5.32 Å². The predicted octanol–water partition coefficient (Wildman–Crippen LogP) is 3.60. The Labute approximate surface area is 158 Å². The van der Waals surface area contributed by atoms with Gasteiger partial charge in [-0.15, -0.1) is 22.7 Å². The van der Waals surface area contributed by atoms with Crippen LogP contribution in [0.1, 0.15) is 15.4 Å². The minimum atomic E-state index is -0.177. The molecule has 8 heteroatoms. The number of rotatable bonds is 5. The van der Waals surface area contributed by atoms with Crippen molar-refractivity contribution in [2.24, 2.45) is 7.05 Å². The van der Waals surface area contributed by atoms with Crippen LogP contribution in [0.2, 0.25) is 0 Å². The lowest BCUT2D eigenvalue weighted by Gasteiger charge is -2.06. The molecule has 1 amide bonds. The van der Waals surface area contributed by atoms with Gasteiger partial charge in [0, 0.05) is 43.1 Å². The Morgan fingerprint density at radius 3 is 2.96 bits per heavy atom. The van der Waals surface area contributed by atoms with Gasteiger partial charge in [-0.1, -0.05) is 6.07 Å². The fourth-order valence-electron chi connectivity index (χ4n) is 2.55. The average Bonchev–Trinajstić information content (AvgIpc) is 3.40. The Balaban J connectivity index is 1.44. The lowest BCUT2D eigenvalue weighted by Crippen LogP contribution is -2.22. The van der Waals surface area contributed by atoms with Gasteiger partial charge in [0.1, 0.15) is 0 Å². The van der Waals surface area contributed by atoms with Crippen LogP contribution in [-0.2, 0) is 13.6 Å². The molecule has 130 valence electrons. The first-order valence-electron chi connectivity index (χ1n) is 7.90. The largest absolute Gasteiger partial charge is 0.346 e. The SMILES string of the molecule is Cn1nccc1-c1cncc(CNC(=O)c2nc(-c3cccs3)cs2)c1. The Morgan fingerprint density at radius 1 is 1.27 bits per heavy atom. The zero-order valence-corrected chi connectivity index (χ0v) is 15.5. The minimum Gasteiger partial charge on any atom is -0.346 e. The van der Waals surface area contributed by atoms with E-state index in [0.717, 1.165) is 27.4 Å². The van der Waals surface area contributed by atoms with E-state index in [-0.39, 0.29) is 5.91 Å². The number of carbonyl (C=O) groups excluding carboxylic acids is 1.